The van der Waals surface area contributed by atoms with Crippen molar-refractivity contribution in [1.82, 2.24) is 9.80 Å². The molecule has 0 radical (unpaired) electrons. The molecule has 0 saturated carbocycles. The van der Waals surface area contributed by atoms with Crippen LogP contribution in [0.4, 0.5) is 0 Å². The van der Waals surface area contributed by atoms with Gasteiger partial charge in [0.05, 0.1) is 20.1 Å². The third-order valence-corrected chi connectivity index (χ3v) is 4.58. The van der Waals surface area contributed by atoms with Crippen LogP contribution in [0.25, 0.3) is 0 Å². The minimum atomic E-state index is -0.0140. The van der Waals surface area contributed by atoms with Gasteiger partial charge in [0.2, 0.25) is 5.91 Å². The molecule has 0 aromatic heterocycles. The number of carbonyl (C=O) groups excluding carboxylic acids is 2. The Bertz CT molecular complexity index is 603. The summed E-state index contributed by atoms with van der Waals surface area (Å²) in [4.78, 5) is 28.6. The van der Waals surface area contributed by atoms with Crippen LogP contribution < -0.4 is 4.74 Å². The van der Waals surface area contributed by atoms with E-state index in [1.807, 2.05) is 4.90 Å². The van der Waals surface area contributed by atoms with Gasteiger partial charge in [-0.25, -0.2) is 0 Å². The van der Waals surface area contributed by atoms with Gasteiger partial charge in [-0.15, -0.1) is 0 Å². The molecule has 0 spiro atoms. The monoisotopic (exact) mass is 348 g/mol. The van der Waals surface area contributed by atoms with Crippen molar-refractivity contribution < 1.29 is 19.1 Å². The fraction of sp³-hybridized carbons (Fsp3) is 0.579. The van der Waals surface area contributed by atoms with Crippen LogP contribution in [0.1, 0.15) is 29.3 Å². The van der Waals surface area contributed by atoms with Crippen molar-refractivity contribution in [3.63, 3.8) is 0 Å². The van der Waals surface area contributed by atoms with Crippen molar-refractivity contribution in [3.05, 3.63) is 29.3 Å². The van der Waals surface area contributed by atoms with Crippen molar-refractivity contribution in [1.29, 1.82) is 0 Å². The Balaban J connectivity index is 2.01. The number of hydrogen-bond donors (Lipinski definition) is 0. The zero-order valence-corrected chi connectivity index (χ0v) is 15.4. The summed E-state index contributed by atoms with van der Waals surface area (Å²) in [5.74, 6) is 0.711. The number of benzene rings is 1. The van der Waals surface area contributed by atoms with Gasteiger partial charge in [0.15, 0.2) is 5.78 Å². The van der Waals surface area contributed by atoms with E-state index in [9.17, 15) is 9.59 Å². The Labute approximate surface area is 149 Å². The SMILES string of the molecule is COCCN1CCCN(C(=O)Cc2cc(C(C)=O)ccc2OC)CC1. The second-order valence-corrected chi connectivity index (χ2v) is 6.33. The van der Waals surface area contributed by atoms with E-state index < -0.39 is 0 Å². The first-order chi connectivity index (χ1) is 12.0. The van der Waals surface area contributed by atoms with Gasteiger partial charge >= 0.3 is 0 Å². The van der Waals surface area contributed by atoms with Crippen LogP contribution in [0.5, 0.6) is 5.75 Å². The summed E-state index contributed by atoms with van der Waals surface area (Å²) in [6.07, 6.45) is 1.21. The molecule has 0 unspecified atom stereocenters. The van der Waals surface area contributed by atoms with Crippen LogP contribution in [-0.4, -0.2) is 75.0 Å². The van der Waals surface area contributed by atoms with Gasteiger partial charge in [-0.1, -0.05) is 0 Å². The highest BCUT2D eigenvalue weighted by Crippen LogP contribution is 2.22. The molecule has 0 aliphatic carbocycles. The van der Waals surface area contributed by atoms with Gasteiger partial charge in [-0.2, -0.15) is 0 Å². The second kappa shape index (κ2) is 9.53. The van der Waals surface area contributed by atoms with Crippen molar-refractivity contribution in [2.24, 2.45) is 0 Å². The fourth-order valence-corrected chi connectivity index (χ4v) is 3.07. The lowest BCUT2D eigenvalue weighted by Crippen LogP contribution is -2.36. The molecule has 0 N–H and O–H groups in total. The zero-order valence-electron chi connectivity index (χ0n) is 15.4. The number of Topliss-reactive ketones (excluding diaryl/α,β-unsaturated/α-hetero) is 1. The Kier molecular flexibility index (Phi) is 7.40. The molecule has 138 valence electrons. The summed E-state index contributed by atoms with van der Waals surface area (Å²) in [5.41, 5.74) is 1.37. The highest BCUT2D eigenvalue weighted by molar-refractivity contribution is 5.94. The lowest BCUT2D eigenvalue weighted by molar-refractivity contribution is -0.130. The van der Waals surface area contributed by atoms with Gasteiger partial charge in [0, 0.05) is 44.4 Å². The standard InChI is InChI=1S/C19H28N2O4/c1-15(22)16-5-6-18(25-3)17(13-16)14-19(23)21-8-4-7-20(9-10-21)11-12-24-2/h5-6,13H,4,7-12,14H2,1-3H3. The Hall–Kier alpha value is -1.92. The van der Waals surface area contributed by atoms with Crippen molar-refractivity contribution in [2.45, 2.75) is 19.8 Å². The van der Waals surface area contributed by atoms with E-state index in [1.165, 1.54) is 6.92 Å². The number of nitrogens with zero attached hydrogens (tertiary/aromatic N) is 2. The lowest BCUT2D eigenvalue weighted by Gasteiger charge is -2.22. The largest absolute Gasteiger partial charge is 0.496 e. The van der Waals surface area contributed by atoms with E-state index >= 15 is 0 Å². The number of rotatable bonds is 7. The molecular formula is C19H28N2O4. The summed E-state index contributed by atoms with van der Waals surface area (Å²) in [6.45, 7) is 6.46. The summed E-state index contributed by atoms with van der Waals surface area (Å²) < 4.78 is 10.5. The molecule has 1 amide bonds. The average molecular weight is 348 g/mol. The summed E-state index contributed by atoms with van der Waals surface area (Å²) in [6, 6.07) is 5.25. The molecule has 1 saturated heterocycles. The van der Waals surface area contributed by atoms with E-state index in [0.29, 0.717) is 17.9 Å². The predicted molar refractivity (Wildman–Crippen MR) is 96.2 cm³/mol. The number of ketones is 1. The lowest BCUT2D eigenvalue weighted by atomic mass is 10.0. The third kappa shape index (κ3) is 5.54. The molecule has 0 bridgehead atoms. The van der Waals surface area contributed by atoms with Crippen LogP contribution in [0.2, 0.25) is 0 Å². The van der Waals surface area contributed by atoms with E-state index in [0.717, 1.165) is 44.7 Å². The Morgan fingerprint density at radius 1 is 1.12 bits per heavy atom. The summed E-state index contributed by atoms with van der Waals surface area (Å²) >= 11 is 0. The van der Waals surface area contributed by atoms with Crippen LogP contribution >= 0.6 is 0 Å². The summed E-state index contributed by atoms with van der Waals surface area (Å²) in [7, 11) is 3.28. The van der Waals surface area contributed by atoms with Gasteiger partial charge in [0.25, 0.3) is 0 Å². The molecule has 1 fully saturated rings. The third-order valence-electron chi connectivity index (χ3n) is 4.58. The zero-order chi connectivity index (χ0) is 18.2. The maximum atomic E-state index is 12.7. The highest BCUT2D eigenvalue weighted by atomic mass is 16.5. The molecule has 25 heavy (non-hydrogen) atoms. The second-order valence-electron chi connectivity index (χ2n) is 6.33. The number of hydrogen-bond acceptors (Lipinski definition) is 5. The topological polar surface area (TPSA) is 59.1 Å². The first kappa shape index (κ1) is 19.4. The van der Waals surface area contributed by atoms with Crippen LogP contribution in [0.15, 0.2) is 18.2 Å². The molecule has 1 aliphatic rings. The number of ether oxygens (including phenoxy) is 2. The maximum absolute atomic E-state index is 12.7. The predicted octanol–water partition coefficient (Wildman–Crippen LogP) is 1.62. The van der Waals surface area contributed by atoms with E-state index in [2.05, 4.69) is 4.90 Å². The Morgan fingerprint density at radius 3 is 2.60 bits per heavy atom. The first-order valence-corrected chi connectivity index (χ1v) is 8.72. The van der Waals surface area contributed by atoms with E-state index in [-0.39, 0.29) is 18.1 Å². The highest BCUT2D eigenvalue weighted by Gasteiger charge is 2.20. The molecule has 1 heterocycles. The van der Waals surface area contributed by atoms with Gasteiger partial charge in [-0.3, -0.25) is 14.5 Å². The van der Waals surface area contributed by atoms with Crippen molar-refractivity contribution >= 4 is 11.7 Å². The first-order valence-electron chi connectivity index (χ1n) is 8.72. The van der Waals surface area contributed by atoms with Crippen LogP contribution in [0.3, 0.4) is 0 Å². The van der Waals surface area contributed by atoms with Crippen molar-refractivity contribution in [2.75, 3.05) is 53.6 Å². The number of methoxy groups -OCH3 is 2. The van der Waals surface area contributed by atoms with Gasteiger partial charge < -0.3 is 14.4 Å². The van der Waals surface area contributed by atoms with Gasteiger partial charge in [0.1, 0.15) is 5.75 Å². The molecule has 1 aliphatic heterocycles. The molecular weight excluding hydrogens is 320 g/mol. The number of carbonyl (C=O) groups is 2. The Morgan fingerprint density at radius 2 is 1.92 bits per heavy atom. The molecule has 0 atom stereocenters. The van der Waals surface area contributed by atoms with E-state index in [4.69, 9.17) is 9.47 Å². The average Bonchev–Trinajstić information content (AvgIpc) is 2.85. The minimum absolute atomic E-state index is 0.0140. The number of amides is 1. The quantitative estimate of drug-likeness (QED) is 0.701. The smallest absolute Gasteiger partial charge is 0.227 e. The van der Waals surface area contributed by atoms with Gasteiger partial charge in [-0.05, 0) is 38.1 Å². The normalized spacial score (nSPS) is 15.7. The summed E-state index contributed by atoms with van der Waals surface area (Å²) in [5, 5.41) is 0. The molecule has 1 aromatic rings. The van der Waals surface area contributed by atoms with Crippen LogP contribution in [0, 0.1) is 0 Å². The molecule has 2 rings (SSSR count). The molecule has 6 nitrogen and oxygen atoms in total. The fourth-order valence-electron chi connectivity index (χ4n) is 3.07. The van der Waals surface area contributed by atoms with Crippen LogP contribution in [-0.2, 0) is 16.0 Å². The van der Waals surface area contributed by atoms with Crippen molar-refractivity contribution in [3.8, 4) is 5.75 Å². The molecule has 1 aromatic carbocycles. The maximum Gasteiger partial charge on any atom is 0.227 e. The minimum Gasteiger partial charge on any atom is -0.496 e. The molecule has 6 heteroatoms. The van der Waals surface area contributed by atoms with E-state index in [1.54, 1.807) is 32.4 Å².